The summed E-state index contributed by atoms with van der Waals surface area (Å²) < 4.78 is 27.8. The number of piperazine rings is 1. The summed E-state index contributed by atoms with van der Waals surface area (Å²) in [6.07, 6.45) is 1.03. The zero-order chi connectivity index (χ0) is 18.9. The van der Waals surface area contributed by atoms with Crippen molar-refractivity contribution in [3.8, 4) is 11.1 Å². The van der Waals surface area contributed by atoms with Gasteiger partial charge in [0.15, 0.2) is 0 Å². The second kappa shape index (κ2) is 7.62. The van der Waals surface area contributed by atoms with Gasteiger partial charge in [-0.15, -0.1) is 0 Å². The van der Waals surface area contributed by atoms with Crippen LogP contribution in [0, 0.1) is 6.92 Å². The third-order valence-corrected chi connectivity index (χ3v) is 6.91. The SMILES string of the molecule is Cc1ccc(-c2ccnc(Cl)c2)cc1S(=O)(=O)N1CCN(C(C)O)CC1. The molecular formula is C18H22ClN3O3S. The molecule has 26 heavy (non-hydrogen) atoms. The number of nitrogens with zero attached hydrogens (tertiary/aromatic N) is 3. The van der Waals surface area contributed by atoms with Crippen molar-refractivity contribution in [1.82, 2.24) is 14.2 Å². The van der Waals surface area contributed by atoms with Gasteiger partial charge >= 0.3 is 0 Å². The molecule has 2 aromatic rings. The first-order valence-corrected chi connectivity index (χ1v) is 10.3. The normalized spacial score (nSPS) is 18.0. The predicted octanol–water partition coefficient (Wildman–Crippen LogP) is 2.36. The summed E-state index contributed by atoms with van der Waals surface area (Å²) in [5.74, 6) is 0. The third-order valence-electron chi connectivity index (χ3n) is 4.67. The van der Waals surface area contributed by atoms with Gasteiger partial charge in [0.1, 0.15) is 11.4 Å². The maximum Gasteiger partial charge on any atom is 0.243 e. The molecule has 3 rings (SSSR count). The monoisotopic (exact) mass is 395 g/mol. The lowest BCUT2D eigenvalue weighted by atomic mass is 10.1. The Bertz CT molecular complexity index is 894. The zero-order valence-electron chi connectivity index (χ0n) is 14.8. The first-order chi connectivity index (χ1) is 12.3. The summed E-state index contributed by atoms with van der Waals surface area (Å²) in [7, 11) is -3.61. The van der Waals surface area contributed by atoms with E-state index in [9.17, 15) is 13.5 Å². The molecule has 140 valence electrons. The fraction of sp³-hybridized carbons (Fsp3) is 0.389. The maximum atomic E-state index is 13.1. The highest BCUT2D eigenvalue weighted by molar-refractivity contribution is 7.89. The van der Waals surface area contributed by atoms with Crippen LogP contribution in [0.15, 0.2) is 41.4 Å². The van der Waals surface area contributed by atoms with Crippen LogP contribution in [0.3, 0.4) is 0 Å². The van der Waals surface area contributed by atoms with E-state index < -0.39 is 16.3 Å². The van der Waals surface area contributed by atoms with Crippen LogP contribution in [0.5, 0.6) is 0 Å². The topological polar surface area (TPSA) is 73.7 Å². The van der Waals surface area contributed by atoms with Gasteiger partial charge in [0.2, 0.25) is 10.0 Å². The molecule has 0 saturated carbocycles. The Morgan fingerprint density at radius 1 is 1.12 bits per heavy atom. The lowest BCUT2D eigenvalue weighted by Gasteiger charge is -2.35. The van der Waals surface area contributed by atoms with E-state index in [1.165, 1.54) is 4.31 Å². The molecule has 1 saturated heterocycles. The summed E-state index contributed by atoms with van der Waals surface area (Å²) in [6.45, 7) is 5.22. The maximum absolute atomic E-state index is 13.1. The van der Waals surface area contributed by atoms with Gasteiger partial charge in [-0.2, -0.15) is 4.31 Å². The van der Waals surface area contributed by atoms with Crippen LogP contribution < -0.4 is 0 Å². The summed E-state index contributed by atoms with van der Waals surface area (Å²) in [5, 5.41) is 10.0. The Kier molecular flexibility index (Phi) is 5.64. The molecule has 6 nitrogen and oxygen atoms in total. The number of sulfonamides is 1. The minimum absolute atomic E-state index is 0.299. The minimum Gasteiger partial charge on any atom is -0.379 e. The Labute approximate surface area is 159 Å². The molecule has 0 radical (unpaired) electrons. The Morgan fingerprint density at radius 3 is 2.38 bits per heavy atom. The van der Waals surface area contributed by atoms with E-state index in [2.05, 4.69) is 4.98 Å². The van der Waals surface area contributed by atoms with E-state index in [0.717, 1.165) is 11.1 Å². The highest BCUT2D eigenvalue weighted by Gasteiger charge is 2.30. The standard InChI is InChI=1S/C18H22ClN3O3S/c1-13-3-4-15(16-5-6-20-18(19)12-16)11-17(13)26(24,25)22-9-7-21(8-10-22)14(2)23/h3-6,11-12,14,23H,7-10H2,1-2H3. The van der Waals surface area contributed by atoms with Crippen molar-refractivity contribution < 1.29 is 13.5 Å². The molecule has 1 aromatic heterocycles. The average molecular weight is 396 g/mol. The van der Waals surface area contributed by atoms with E-state index >= 15 is 0 Å². The fourth-order valence-corrected chi connectivity index (χ4v) is 4.94. The average Bonchev–Trinajstić information content (AvgIpc) is 2.62. The van der Waals surface area contributed by atoms with Gasteiger partial charge < -0.3 is 5.11 Å². The van der Waals surface area contributed by atoms with Crippen LogP contribution in [0.1, 0.15) is 12.5 Å². The zero-order valence-corrected chi connectivity index (χ0v) is 16.3. The number of aliphatic hydroxyl groups is 1. The van der Waals surface area contributed by atoms with E-state index in [-0.39, 0.29) is 0 Å². The van der Waals surface area contributed by atoms with Crippen molar-refractivity contribution in [3.05, 3.63) is 47.2 Å². The molecule has 2 heterocycles. The van der Waals surface area contributed by atoms with Crippen LogP contribution in [0.2, 0.25) is 5.15 Å². The predicted molar refractivity (Wildman–Crippen MR) is 101 cm³/mol. The third kappa shape index (κ3) is 3.92. The Balaban J connectivity index is 1.92. The van der Waals surface area contributed by atoms with E-state index in [1.54, 1.807) is 38.2 Å². The van der Waals surface area contributed by atoms with Gasteiger partial charge in [-0.25, -0.2) is 13.4 Å². The number of pyridine rings is 1. The molecule has 0 amide bonds. The van der Waals surface area contributed by atoms with Crippen molar-refractivity contribution in [3.63, 3.8) is 0 Å². The molecule has 0 spiro atoms. The quantitative estimate of drug-likeness (QED) is 0.804. The van der Waals surface area contributed by atoms with Gasteiger partial charge in [0.25, 0.3) is 0 Å². The largest absolute Gasteiger partial charge is 0.379 e. The first kappa shape index (κ1) is 19.3. The number of hydrogen-bond donors (Lipinski definition) is 1. The molecule has 1 N–H and O–H groups in total. The molecule has 1 fully saturated rings. The number of benzene rings is 1. The second-order valence-electron chi connectivity index (χ2n) is 6.42. The Morgan fingerprint density at radius 2 is 1.77 bits per heavy atom. The molecular weight excluding hydrogens is 374 g/mol. The fourth-order valence-electron chi connectivity index (χ4n) is 3.10. The molecule has 0 bridgehead atoms. The molecule has 1 aliphatic heterocycles. The first-order valence-electron chi connectivity index (χ1n) is 8.44. The molecule has 8 heteroatoms. The van der Waals surface area contributed by atoms with Crippen molar-refractivity contribution in [2.45, 2.75) is 25.0 Å². The highest BCUT2D eigenvalue weighted by atomic mass is 35.5. The summed E-state index contributed by atoms with van der Waals surface area (Å²) in [6, 6.07) is 8.89. The van der Waals surface area contributed by atoms with E-state index in [1.807, 2.05) is 17.0 Å². The number of aliphatic hydroxyl groups excluding tert-OH is 1. The van der Waals surface area contributed by atoms with Gasteiger partial charge in [-0.1, -0.05) is 23.7 Å². The summed E-state index contributed by atoms with van der Waals surface area (Å²) in [4.78, 5) is 6.12. The van der Waals surface area contributed by atoms with E-state index in [4.69, 9.17) is 11.6 Å². The van der Waals surface area contributed by atoms with Crippen LogP contribution >= 0.6 is 11.6 Å². The smallest absolute Gasteiger partial charge is 0.243 e. The molecule has 1 unspecified atom stereocenters. The van der Waals surface area contributed by atoms with E-state index in [0.29, 0.717) is 41.8 Å². The van der Waals surface area contributed by atoms with Gasteiger partial charge in [0.05, 0.1) is 4.90 Å². The van der Waals surface area contributed by atoms with Crippen molar-refractivity contribution in [2.75, 3.05) is 26.2 Å². The summed E-state index contributed by atoms with van der Waals surface area (Å²) >= 11 is 5.95. The van der Waals surface area contributed by atoms with Gasteiger partial charge in [-0.05, 0) is 48.7 Å². The number of aromatic nitrogens is 1. The lowest BCUT2D eigenvalue weighted by molar-refractivity contribution is -0.000183. The molecule has 1 aromatic carbocycles. The lowest BCUT2D eigenvalue weighted by Crippen LogP contribution is -2.51. The molecule has 1 atom stereocenters. The minimum atomic E-state index is -3.61. The van der Waals surface area contributed by atoms with Crippen LogP contribution in [-0.2, 0) is 10.0 Å². The second-order valence-corrected chi connectivity index (χ2v) is 8.71. The van der Waals surface area contributed by atoms with Crippen LogP contribution in [-0.4, -0.2) is 60.1 Å². The number of rotatable bonds is 4. The van der Waals surface area contributed by atoms with Gasteiger partial charge in [0, 0.05) is 32.4 Å². The Hall–Kier alpha value is -1.51. The van der Waals surface area contributed by atoms with Crippen molar-refractivity contribution in [2.24, 2.45) is 0 Å². The highest BCUT2D eigenvalue weighted by Crippen LogP contribution is 2.28. The summed E-state index contributed by atoms with van der Waals surface area (Å²) in [5.41, 5.74) is 2.30. The number of hydrogen-bond acceptors (Lipinski definition) is 5. The number of halogens is 1. The molecule has 0 aliphatic carbocycles. The number of aryl methyl sites for hydroxylation is 1. The van der Waals surface area contributed by atoms with Crippen molar-refractivity contribution >= 4 is 21.6 Å². The molecule has 1 aliphatic rings. The van der Waals surface area contributed by atoms with Crippen LogP contribution in [0.25, 0.3) is 11.1 Å². The van der Waals surface area contributed by atoms with Gasteiger partial charge in [-0.3, -0.25) is 4.90 Å². The van der Waals surface area contributed by atoms with Crippen LogP contribution in [0.4, 0.5) is 0 Å². The van der Waals surface area contributed by atoms with Crippen molar-refractivity contribution in [1.29, 1.82) is 0 Å².